The number of furan rings is 1. The highest BCUT2D eigenvalue weighted by atomic mass is 19.4. The molecule has 0 aliphatic heterocycles. The molecule has 1 unspecified atom stereocenters. The molecule has 1 atom stereocenters. The van der Waals surface area contributed by atoms with Gasteiger partial charge in [0.05, 0.1) is 12.2 Å². The number of aliphatic hydroxyl groups excluding tert-OH is 1. The summed E-state index contributed by atoms with van der Waals surface area (Å²) < 4.78 is 42.7. The van der Waals surface area contributed by atoms with Crippen LogP contribution in [0.25, 0.3) is 11.0 Å². The van der Waals surface area contributed by atoms with Crippen molar-refractivity contribution in [1.29, 1.82) is 0 Å². The lowest BCUT2D eigenvalue weighted by Crippen LogP contribution is -2.03. The van der Waals surface area contributed by atoms with Crippen LogP contribution in [0.15, 0.2) is 28.7 Å². The first-order chi connectivity index (χ1) is 7.91. The summed E-state index contributed by atoms with van der Waals surface area (Å²) in [5, 5.41) is 9.56. The monoisotopic (exact) mass is 244 g/mol. The van der Waals surface area contributed by atoms with Crippen molar-refractivity contribution in [2.24, 2.45) is 0 Å². The van der Waals surface area contributed by atoms with Gasteiger partial charge in [-0.25, -0.2) is 0 Å². The first-order valence-electron chi connectivity index (χ1n) is 5.13. The SMILES string of the molecule is CC(CO)c1cc2ccc(C(F)(F)F)cc2o1. The van der Waals surface area contributed by atoms with Gasteiger partial charge >= 0.3 is 6.18 Å². The average Bonchev–Trinajstić information content (AvgIpc) is 2.69. The van der Waals surface area contributed by atoms with Gasteiger partial charge in [-0.05, 0) is 18.2 Å². The smallest absolute Gasteiger partial charge is 0.416 e. The first kappa shape index (κ1) is 12.0. The van der Waals surface area contributed by atoms with Crippen LogP contribution in [0.1, 0.15) is 24.2 Å². The van der Waals surface area contributed by atoms with Gasteiger partial charge in [0.15, 0.2) is 0 Å². The molecule has 0 aliphatic rings. The molecule has 1 N–H and O–H groups in total. The van der Waals surface area contributed by atoms with Crippen molar-refractivity contribution in [3.05, 3.63) is 35.6 Å². The summed E-state index contributed by atoms with van der Waals surface area (Å²) in [5.41, 5.74) is -0.544. The highest BCUT2D eigenvalue weighted by Crippen LogP contribution is 2.33. The van der Waals surface area contributed by atoms with E-state index in [1.807, 2.05) is 0 Å². The Hall–Kier alpha value is -1.49. The number of benzene rings is 1. The number of alkyl halides is 3. The van der Waals surface area contributed by atoms with E-state index in [-0.39, 0.29) is 18.1 Å². The minimum atomic E-state index is -4.37. The first-order valence-corrected chi connectivity index (χ1v) is 5.13. The van der Waals surface area contributed by atoms with Crippen molar-refractivity contribution >= 4 is 11.0 Å². The normalized spacial score (nSPS) is 14.2. The molecule has 1 aromatic carbocycles. The van der Waals surface area contributed by atoms with E-state index in [2.05, 4.69) is 0 Å². The summed E-state index contributed by atoms with van der Waals surface area (Å²) >= 11 is 0. The fourth-order valence-corrected chi connectivity index (χ4v) is 1.56. The second-order valence-electron chi connectivity index (χ2n) is 3.98. The highest BCUT2D eigenvalue weighted by molar-refractivity contribution is 5.78. The molecule has 0 saturated heterocycles. The van der Waals surface area contributed by atoms with Crippen molar-refractivity contribution in [1.82, 2.24) is 0 Å². The minimum Gasteiger partial charge on any atom is -0.461 e. The van der Waals surface area contributed by atoms with Gasteiger partial charge in [0.2, 0.25) is 0 Å². The summed E-state index contributed by atoms with van der Waals surface area (Å²) in [4.78, 5) is 0. The predicted octanol–water partition coefficient (Wildman–Crippen LogP) is 3.55. The maximum absolute atomic E-state index is 12.5. The number of halogens is 3. The summed E-state index contributed by atoms with van der Waals surface area (Å²) in [7, 11) is 0. The van der Waals surface area contributed by atoms with Crippen molar-refractivity contribution in [2.75, 3.05) is 6.61 Å². The van der Waals surface area contributed by atoms with Crippen molar-refractivity contribution < 1.29 is 22.7 Å². The number of aliphatic hydroxyl groups is 1. The average molecular weight is 244 g/mol. The molecule has 92 valence electrons. The quantitative estimate of drug-likeness (QED) is 0.876. The lowest BCUT2D eigenvalue weighted by Gasteiger charge is -2.05. The third-order valence-corrected chi connectivity index (χ3v) is 2.63. The van der Waals surface area contributed by atoms with Crippen LogP contribution in [-0.4, -0.2) is 11.7 Å². The molecule has 2 nitrogen and oxygen atoms in total. The van der Waals surface area contributed by atoms with Gasteiger partial charge in [-0.2, -0.15) is 13.2 Å². The number of hydrogen-bond donors (Lipinski definition) is 1. The second-order valence-corrected chi connectivity index (χ2v) is 3.98. The van der Waals surface area contributed by atoms with Crippen LogP contribution in [0.2, 0.25) is 0 Å². The maximum atomic E-state index is 12.5. The fraction of sp³-hybridized carbons (Fsp3) is 0.333. The lowest BCUT2D eigenvalue weighted by atomic mass is 10.1. The standard InChI is InChI=1S/C12H11F3O2/c1-7(6-16)10-4-8-2-3-9(12(13,14)15)5-11(8)17-10/h2-5,7,16H,6H2,1H3. The number of rotatable bonds is 2. The topological polar surface area (TPSA) is 33.4 Å². The molecule has 0 fully saturated rings. The molecule has 0 saturated carbocycles. The van der Waals surface area contributed by atoms with Gasteiger partial charge in [0.1, 0.15) is 11.3 Å². The highest BCUT2D eigenvalue weighted by Gasteiger charge is 2.30. The van der Waals surface area contributed by atoms with Crippen LogP contribution in [0.4, 0.5) is 13.2 Å². The van der Waals surface area contributed by atoms with E-state index in [0.29, 0.717) is 11.1 Å². The Kier molecular flexibility index (Phi) is 2.87. The second kappa shape index (κ2) is 4.07. The Balaban J connectivity index is 2.48. The van der Waals surface area contributed by atoms with E-state index in [0.717, 1.165) is 12.1 Å². The van der Waals surface area contributed by atoms with Gasteiger partial charge in [0.25, 0.3) is 0 Å². The predicted molar refractivity (Wildman–Crippen MR) is 56.7 cm³/mol. The lowest BCUT2D eigenvalue weighted by molar-refractivity contribution is -0.137. The zero-order chi connectivity index (χ0) is 12.6. The minimum absolute atomic E-state index is 0.105. The molecular weight excluding hydrogens is 233 g/mol. The Labute approximate surface area is 95.7 Å². The van der Waals surface area contributed by atoms with E-state index < -0.39 is 11.7 Å². The van der Waals surface area contributed by atoms with Crippen LogP contribution >= 0.6 is 0 Å². The number of hydrogen-bond acceptors (Lipinski definition) is 2. The molecule has 17 heavy (non-hydrogen) atoms. The summed E-state index contributed by atoms with van der Waals surface area (Å²) in [5.74, 6) is 0.263. The summed E-state index contributed by atoms with van der Waals surface area (Å²) in [6.07, 6.45) is -4.37. The molecule has 2 aromatic rings. The van der Waals surface area contributed by atoms with Gasteiger partial charge in [-0.15, -0.1) is 0 Å². The Morgan fingerprint density at radius 1 is 1.29 bits per heavy atom. The van der Waals surface area contributed by atoms with Crippen LogP contribution in [0.5, 0.6) is 0 Å². The fourth-order valence-electron chi connectivity index (χ4n) is 1.56. The van der Waals surface area contributed by atoms with Crippen LogP contribution in [-0.2, 0) is 6.18 Å². The molecule has 0 radical (unpaired) electrons. The molecule has 5 heteroatoms. The maximum Gasteiger partial charge on any atom is 0.416 e. The molecule has 2 rings (SSSR count). The molecular formula is C12H11F3O2. The van der Waals surface area contributed by atoms with Gasteiger partial charge < -0.3 is 9.52 Å². The van der Waals surface area contributed by atoms with Crippen LogP contribution in [0.3, 0.4) is 0 Å². The van der Waals surface area contributed by atoms with Crippen molar-refractivity contribution in [3.63, 3.8) is 0 Å². The van der Waals surface area contributed by atoms with Crippen LogP contribution < -0.4 is 0 Å². The Bertz CT molecular complexity index is 528. The third-order valence-electron chi connectivity index (χ3n) is 2.63. The van der Waals surface area contributed by atoms with Crippen LogP contribution in [0, 0.1) is 0 Å². The molecule has 0 aliphatic carbocycles. The van der Waals surface area contributed by atoms with Crippen molar-refractivity contribution in [2.45, 2.75) is 19.0 Å². The van der Waals surface area contributed by atoms with Gasteiger partial charge in [-0.3, -0.25) is 0 Å². The zero-order valence-corrected chi connectivity index (χ0v) is 9.08. The van der Waals surface area contributed by atoms with Crippen molar-refractivity contribution in [3.8, 4) is 0 Å². The van der Waals surface area contributed by atoms with Gasteiger partial charge in [0, 0.05) is 11.3 Å². The van der Waals surface area contributed by atoms with E-state index in [9.17, 15) is 13.2 Å². The third kappa shape index (κ3) is 2.29. The zero-order valence-electron chi connectivity index (χ0n) is 9.08. The van der Waals surface area contributed by atoms with E-state index in [1.165, 1.54) is 6.07 Å². The molecule has 0 amide bonds. The summed E-state index contributed by atoms with van der Waals surface area (Å²) in [6.45, 7) is 1.63. The molecule has 1 heterocycles. The molecule has 0 spiro atoms. The van der Waals surface area contributed by atoms with E-state index in [1.54, 1.807) is 13.0 Å². The van der Waals surface area contributed by atoms with E-state index >= 15 is 0 Å². The van der Waals surface area contributed by atoms with Gasteiger partial charge in [-0.1, -0.05) is 13.0 Å². The Morgan fingerprint density at radius 2 is 2.00 bits per heavy atom. The molecule has 0 bridgehead atoms. The Morgan fingerprint density at radius 3 is 2.59 bits per heavy atom. The number of fused-ring (bicyclic) bond motifs is 1. The molecule has 1 aromatic heterocycles. The van der Waals surface area contributed by atoms with E-state index in [4.69, 9.17) is 9.52 Å². The summed E-state index contributed by atoms with van der Waals surface area (Å²) in [6, 6.07) is 5.01. The largest absolute Gasteiger partial charge is 0.461 e.